The van der Waals surface area contributed by atoms with Crippen LogP contribution in [0.15, 0.2) is 64.0 Å². The number of benzene rings is 2. The van der Waals surface area contributed by atoms with Gasteiger partial charge in [-0.15, -0.1) is 0 Å². The van der Waals surface area contributed by atoms with Gasteiger partial charge in [0.15, 0.2) is 0 Å². The number of hydrogen-bond acceptors (Lipinski definition) is 2. The first-order valence-corrected chi connectivity index (χ1v) is 7.52. The number of furan rings is 1. The molecular weight excluding hydrogens is 270 g/mol. The second-order valence-corrected chi connectivity index (χ2v) is 5.74. The van der Waals surface area contributed by atoms with Gasteiger partial charge in [0.2, 0.25) is 0 Å². The lowest BCUT2D eigenvalue weighted by Gasteiger charge is -2.07. The Bertz CT molecular complexity index is 808. The van der Waals surface area contributed by atoms with Gasteiger partial charge in [0.25, 0.3) is 0 Å². The smallest absolute Gasteiger partial charge is 0.145 e. The van der Waals surface area contributed by atoms with Crippen molar-refractivity contribution in [3.05, 3.63) is 82.8 Å². The lowest BCUT2D eigenvalue weighted by atomic mass is 10.1. The summed E-state index contributed by atoms with van der Waals surface area (Å²) >= 11 is 0. The zero-order valence-electron chi connectivity index (χ0n) is 12.7. The van der Waals surface area contributed by atoms with E-state index in [2.05, 4.69) is 55.5 Å². The average molecular weight is 287 g/mol. The van der Waals surface area contributed by atoms with E-state index in [1.54, 1.807) is 0 Å². The maximum absolute atomic E-state index is 5.70. The molecule has 22 heavy (non-hydrogen) atoms. The molecule has 0 amide bonds. The molecule has 0 saturated heterocycles. The maximum Gasteiger partial charge on any atom is 0.145 e. The van der Waals surface area contributed by atoms with Crippen molar-refractivity contribution in [3.8, 4) is 11.1 Å². The topological polar surface area (TPSA) is 25.5 Å². The van der Waals surface area contributed by atoms with E-state index in [9.17, 15) is 0 Å². The molecule has 2 heteroatoms. The van der Waals surface area contributed by atoms with E-state index in [-0.39, 0.29) is 6.04 Å². The number of aliphatic imine (C=N–C) groups is 1. The first kappa shape index (κ1) is 13.1. The summed E-state index contributed by atoms with van der Waals surface area (Å²) in [7, 11) is 0. The molecule has 108 valence electrons. The molecule has 1 aliphatic rings. The molecule has 0 radical (unpaired) electrons. The van der Waals surface area contributed by atoms with Gasteiger partial charge in [0, 0.05) is 0 Å². The summed E-state index contributed by atoms with van der Waals surface area (Å²) in [5.74, 6) is 1.77. The van der Waals surface area contributed by atoms with Crippen molar-refractivity contribution in [2.75, 3.05) is 0 Å². The number of fused-ring (bicyclic) bond motifs is 3. The summed E-state index contributed by atoms with van der Waals surface area (Å²) in [5.41, 5.74) is 6.26. The van der Waals surface area contributed by atoms with Crippen LogP contribution in [0.2, 0.25) is 0 Å². The van der Waals surface area contributed by atoms with Crippen LogP contribution < -0.4 is 0 Å². The lowest BCUT2D eigenvalue weighted by Crippen LogP contribution is -1.93. The summed E-state index contributed by atoms with van der Waals surface area (Å²) in [5, 5.41) is 0. The standard InChI is InChI=1S/C20H17NO/c1-13-11-15(22-14(13)2)12-21-20-18-9-5-3-7-16(18)17-8-4-6-10-19(17)20/h3-12,20H,1-2H3. The normalized spacial score (nSPS) is 13.5. The molecule has 1 aliphatic carbocycles. The van der Waals surface area contributed by atoms with Crippen LogP contribution in [0.25, 0.3) is 11.1 Å². The average Bonchev–Trinajstić information content (AvgIpc) is 3.03. The Morgan fingerprint density at radius 2 is 1.50 bits per heavy atom. The summed E-state index contributed by atoms with van der Waals surface area (Å²) in [6, 6.07) is 19.1. The molecular formula is C20H17NO. The van der Waals surface area contributed by atoms with Crippen LogP contribution in [0.1, 0.15) is 34.3 Å². The molecule has 0 aliphatic heterocycles. The van der Waals surface area contributed by atoms with Gasteiger partial charge in [-0.2, -0.15) is 0 Å². The van der Waals surface area contributed by atoms with Crippen LogP contribution in [0.4, 0.5) is 0 Å². The molecule has 1 heterocycles. The zero-order chi connectivity index (χ0) is 15.1. The van der Waals surface area contributed by atoms with E-state index in [1.165, 1.54) is 22.3 Å². The van der Waals surface area contributed by atoms with Gasteiger partial charge in [0.05, 0.1) is 6.21 Å². The summed E-state index contributed by atoms with van der Waals surface area (Å²) in [4.78, 5) is 4.81. The number of hydrogen-bond donors (Lipinski definition) is 0. The Morgan fingerprint density at radius 1 is 0.909 bits per heavy atom. The largest absolute Gasteiger partial charge is 0.460 e. The third kappa shape index (κ3) is 2.00. The Balaban J connectivity index is 1.78. The predicted molar refractivity (Wildman–Crippen MR) is 89.5 cm³/mol. The van der Waals surface area contributed by atoms with Crippen molar-refractivity contribution < 1.29 is 4.42 Å². The van der Waals surface area contributed by atoms with Crippen molar-refractivity contribution in [1.29, 1.82) is 0 Å². The molecule has 0 bridgehead atoms. The Hall–Kier alpha value is -2.61. The van der Waals surface area contributed by atoms with Gasteiger partial charge in [-0.25, -0.2) is 0 Å². The quantitative estimate of drug-likeness (QED) is 0.603. The van der Waals surface area contributed by atoms with Crippen molar-refractivity contribution in [2.45, 2.75) is 19.9 Å². The van der Waals surface area contributed by atoms with E-state index < -0.39 is 0 Å². The molecule has 4 rings (SSSR count). The monoisotopic (exact) mass is 287 g/mol. The molecule has 0 unspecified atom stereocenters. The fourth-order valence-corrected chi connectivity index (χ4v) is 3.10. The van der Waals surface area contributed by atoms with Gasteiger partial charge in [-0.05, 0) is 47.7 Å². The predicted octanol–water partition coefficient (Wildman–Crippen LogP) is 5.09. The minimum Gasteiger partial charge on any atom is -0.460 e. The summed E-state index contributed by atoms with van der Waals surface area (Å²) < 4.78 is 5.70. The molecule has 2 aromatic carbocycles. The molecule has 1 aromatic heterocycles. The van der Waals surface area contributed by atoms with Crippen LogP contribution in [0.3, 0.4) is 0 Å². The third-order valence-electron chi connectivity index (χ3n) is 4.34. The van der Waals surface area contributed by atoms with Crippen LogP contribution in [-0.2, 0) is 0 Å². The molecule has 0 N–H and O–H groups in total. The summed E-state index contributed by atoms with van der Waals surface area (Å²) in [6.07, 6.45) is 1.85. The second-order valence-electron chi connectivity index (χ2n) is 5.74. The van der Waals surface area contributed by atoms with Crippen molar-refractivity contribution in [3.63, 3.8) is 0 Å². The fourth-order valence-electron chi connectivity index (χ4n) is 3.10. The lowest BCUT2D eigenvalue weighted by molar-refractivity contribution is 0.525. The van der Waals surface area contributed by atoms with Crippen molar-refractivity contribution in [1.82, 2.24) is 0 Å². The highest BCUT2D eigenvalue weighted by molar-refractivity contribution is 5.82. The van der Waals surface area contributed by atoms with Crippen LogP contribution in [-0.4, -0.2) is 6.21 Å². The molecule has 2 nitrogen and oxygen atoms in total. The van der Waals surface area contributed by atoms with E-state index >= 15 is 0 Å². The molecule has 0 atom stereocenters. The molecule has 0 spiro atoms. The molecule has 3 aromatic rings. The van der Waals surface area contributed by atoms with E-state index in [1.807, 2.05) is 19.2 Å². The van der Waals surface area contributed by atoms with Crippen LogP contribution >= 0.6 is 0 Å². The van der Waals surface area contributed by atoms with Gasteiger partial charge >= 0.3 is 0 Å². The summed E-state index contributed by atoms with van der Waals surface area (Å²) in [6.45, 7) is 4.03. The van der Waals surface area contributed by atoms with Gasteiger partial charge in [-0.1, -0.05) is 48.5 Å². The second kappa shape index (κ2) is 4.99. The Labute approximate surface area is 130 Å². The highest BCUT2D eigenvalue weighted by atomic mass is 16.3. The highest BCUT2D eigenvalue weighted by Crippen LogP contribution is 2.45. The van der Waals surface area contributed by atoms with E-state index in [0.717, 1.165) is 17.1 Å². The first-order chi connectivity index (χ1) is 10.7. The van der Waals surface area contributed by atoms with Crippen LogP contribution in [0.5, 0.6) is 0 Å². The Kier molecular flexibility index (Phi) is 2.97. The minimum atomic E-state index is 0.0538. The van der Waals surface area contributed by atoms with Gasteiger partial charge < -0.3 is 4.42 Å². The van der Waals surface area contributed by atoms with E-state index in [4.69, 9.17) is 9.41 Å². The fraction of sp³-hybridized carbons (Fsp3) is 0.150. The van der Waals surface area contributed by atoms with E-state index in [0.29, 0.717) is 0 Å². The number of rotatable bonds is 2. The molecule has 0 fully saturated rings. The molecule has 0 saturated carbocycles. The van der Waals surface area contributed by atoms with Crippen LogP contribution in [0, 0.1) is 13.8 Å². The Morgan fingerprint density at radius 3 is 2.05 bits per heavy atom. The minimum absolute atomic E-state index is 0.0538. The highest BCUT2D eigenvalue weighted by Gasteiger charge is 2.27. The number of nitrogens with zero attached hydrogens (tertiary/aromatic N) is 1. The third-order valence-corrected chi connectivity index (χ3v) is 4.34. The van der Waals surface area contributed by atoms with Gasteiger partial charge in [0.1, 0.15) is 17.6 Å². The maximum atomic E-state index is 5.70. The number of aryl methyl sites for hydroxylation is 2. The van der Waals surface area contributed by atoms with Gasteiger partial charge in [-0.3, -0.25) is 4.99 Å². The zero-order valence-corrected chi connectivity index (χ0v) is 12.7. The van der Waals surface area contributed by atoms with Crippen molar-refractivity contribution >= 4 is 6.21 Å². The van der Waals surface area contributed by atoms with Crippen molar-refractivity contribution in [2.24, 2.45) is 4.99 Å². The SMILES string of the molecule is Cc1cc(C=NC2c3ccccc3-c3ccccc32)oc1C. The first-order valence-electron chi connectivity index (χ1n) is 7.52.